The second-order valence-electron chi connectivity index (χ2n) is 11.4. The zero-order valence-corrected chi connectivity index (χ0v) is 24.3. The third-order valence-corrected chi connectivity index (χ3v) is 9.31. The Kier molecular flexibility index (Phi) is 10.5. The van der Waals surface area contributed by atoms with Crippen molar-refractivity contribution in [3.05, 3.63) is 35.9 Å². The highest BCUT2D eigenvalue weighted by atomic mass is 35.5. The molecular formula is C28H41ClN4O5S. The molecule has 6 N–H and O–H groups in total. The van der Waals surface area contributed by atoms with Gasteiger partial charge in [-0.1, -0.05) is 30.3 Å². The quantitative estimate of drug-likeness (QED) is 0.272. The van der Waals surface area contributed by atoms with Gasteiger partial charge in [0, 0.05) is 5.54 Å². The number of methoxy groups -OCH3 is 1. The number of esters is 1. The van der Waals surface area contributed by atoms with Crippen LogP contribution in [0.2, 0.25) is 0 Å². The van der Waals surface area contributed by atoms with Gasteiger partial charge in [-0.3, -0.25) is 19.2 Å². The molecule has 9 nitrogen and oxygen atoms in total. The van der Waals surface area contributed by atoms with Crippen molar-refractivity contribution in [2.45, 2.75) is 62.6 Å². The van der Waals surface area contributed by atoms with Crippen molar-refractivity contribution in [2.75, 3.05) is 25.7 Å². The smallest absolute Gasteiger partial charge is 0.312 e. The lowest BCUT2D eigenvalue weighted by atomic mass is 9.41. The molecule has 4 aliphatic rings. The summed E-state index contributed by atoms with van der Waals surface area (Å²) in [5.74, 6) is -0.947. The number of Topliss-reactive ketones (excluding diaryl/α,β-unsaturated/α-hetero) is 1. The van der Waals surface area contributed by atoms with Gasteiger partial charge in [0.15, 0.2) is 5.78 Å². The van der Waals surface area contributed by atoms with E-state index in [-0.39, 0.29) is 37.1 Å². The fourth-order valence-electron chi connectivity index (χ4n) is 7.48. The lowest BCUT2D eigenvalue weighted by molar-refractivity contribution is -0.188. The van der Waals surface area contributed by atoms with E-state index in [0.29, 0.717) is 43.9 Å². The second kappa shape index (κ2) is 13.0. The van der Waals surface area contributed by atoms with Gasteiger partial charge in [0.05, 0.1) is 37.1 Å². The first-order chi connectivity index (χ1) is 18.1. The Bertz CT molecular complexity index is 1040. The summed E-state index contributed by atoms with van der Waals surface area (Å²) in [5, 5.41) is 5.42. The number of rotatable bonds is 12. The maximum absolute atomic E-state index is 14.4. The van der Waals surface area contributed by atoms with Crippen molar-refractivity contribution in [3.63, 3.8) is 0 Å². The minimum absolute atomic E-state index is 0. The average molecular weight is 581 g/mol. The minimum Gasteiger partial charge on any atom is -0.469 e. The summed E-state index contributed by atoms with van der Waals surface area (Å²) in [6.45, 7) is -0.297. The van der Waals surface area contributed by atoms with Crippen LogP contribution in [0.3, 0.4) is 0 Å². The van der Waals surface area contributed by atoms with Crippen LogP contribution in [0.4, 0.5) is 0 Å². The van der Waals surface area contributed by atoms with Gasteiger partial charge in [-0.2, -0.15) is 11.8 Å². The Morgan fingerprint density at radius 2 is 1.74 bits per heavy atom. The maximum atomic E-state index is 14.4. The summed E-state index contributed by atoms with van der Waals surface area (Å²) >= 11 is 1.59. The van der Waals surface area contributed by atoms with E-state index < -0.39 is 40.8 Å². The molecule has 11 heteroatoms. The van der Waals surface area contributed by atoms with Crippen LogP contribution in [0.25, 0.3) is 0 Å². The van der Waals surface area contributed by atoms with Crippen LogP contribution in [0, 0.1) is 23.2 Å². The number of ketones is 1. The Labute approximate surface area is 240 Å². The Hall–Kier alpha value is -2.14. The molecule has 0 spiro atoms. The van der Waals surface area contributed by atoms with Gasteiger partial charge in [-0.05, 0) is 74.4 Å². The van der Waals surface area contributed by atoms with Crippen LogP contribution in [0.5, 0.6) is 0 Å². The highest BCUT2D eigenvalue weighted by Gasteiger charge is 2.68. The molecule has 0 aromatic heterocycles. The van der Waals surface area contributed by atoms with E-state index in [1.807, 2.05) is 36.6 Å². The van der Waals surface area contributed by atoms with Gasteiger partial charge < -0.3 is 26.8 Å². The summed E-state index contributed by atoms with van der Waals surface area (Å²) in [4.78, 5) is 52.9. The average Bonchev–Trinajstić information content (AvgIpc) is 2.88. The Morgan fingerprint density at radius 3 is 2.33 bits per heavy atom. The van der Waals surface area contributed by atoms with Gasteiger partial charge in [-0.15, -0.1) is 12.4 Å². The van der Waals surface area contributed by atoms with Crippen molar-refractivity contribution >= 4 is 47.7 Å². The number of nitrogens with two attached hydrogens (primary N) is 2. The molecule has 0 aliphatic heterocycles. The number of carbonyl (C=O) groups excluding carboxylic acids is 4. The number of hydrogen-bond acceptors (Lipinski definition) is 8. The highest BCUT2D eigenvalue weighted by Crippen LogP contribution is 2.64. The maximum Gasteiger partial charge on any atom is 0.312 e. The van der Waals surface area contributed by atoms with Gasteiger partial charge >= 0.3 is 5.97 Å². The Morgan fingerprint density at radius 1 is 1.10 bits per heavy atom. The number of amides is 2. The number of nitrogens with one attached hydrogen (secondary N) is 2. The third-order valence-electron chi connectivity index (χ3n) is 8.67. The number of benzene rings is 1. The topological polar surface area (TPSA) is 154 Å². The first-order valence-corrected chi connectivity index (χ1v) is 14.8. The highest BCUT2D eigenvalue weighted by molar-refractivity contribution is 7.98. The fourth-order valence-corrected chi connectivity index (χ4v) is 7.97. The van der Waals surface area contributed by atoms with Crippen LogP contribution < -0.4 is 22.1 Å². The second-order valence-corrected chi connectivity index (χ2v) is 12.4. The lowest BCUT2D eigenvalue weighted by Crippen LogP contribution is -2.72. The summed E-state index contributed by atoms with van der Waals surface area (Å²) in [5.41, 5.74) is 12.0. The van der Waals surface area contributed by atoms with Crippen LogP contribution in [0.1, 0.15) is 44.1 Å². The molecule has 4 aliphatic carbocycles. The molecule has 3 unspecified atom stereocenters. The van der Waals surface area contributed by atoms with E-state index in [0.717, 1.165) is 17.7 Å². The molecule has 5 atom stereocenters. The van der Waals surface area contributed by atoms with E-state index in [1.165, 1.54) is 7.11 Å². The predicted octanol–water partition coefficient (Wildman–Crippen LogP) is 1.60. The van der Waals surface area contributed by atoms with Crippen LogP contribution >= 0.6 is 24.2 Å². The largest absolute Gasteiger partial charge is 0.469 e. The van der Waals surface area contributed by atoms with Gasteiger partial charge in [0.1, 0.15) is 0 Å². The first kappa shape index (κ1) is 31.4. The lowest BCUT2D eigenvalue weighted by Gasteiger charge is -2.63. The summed E-state index contributed by atoms with van der Waals surface area (Å²) < 4.78 is 5.26. The SMILES string of the molecule is COC(=O)C12CC3CC(CC(N)(C3)C1C(=O)[C@H](Cc1ccccc1)NC(=O)CNC(=O)[C@H](N)CCSC)C2.Cl. The number of carbonyl (C=O) groups is 4. The van der Waals surface area contributed by atoms with E-state index in [4.69, 9.17) is 16.2 Å². The normalized spacial score (nSPS) is 30.0. The fraction of sp³-hybridized carbons (Fsp3) is 0.643. The van der Waals surface area contributed by atoms with Crippen LogP contribution in [-0.2, 0) is 30.3 Å². The van der Waals surface area contributed by atoms with Crippen LogP contribution in [-0.4, -0.2) is 66.9 Å². The van der Waals surface area contributed by atoms with Crippen LogP contribution in [0.15, 0.2) is 30.3 Å². The summed E-state index contributed by atoms with van der Waals surface area (Å²) in [7, 11) is 1.36. The molecule has 4 saturated carbocycles. The molecule has 5 rings (SSSR count). The number of thioether (sulfide) groups is 1. The molecular weight excluding hydrogens is 540 g/mol. The molecule has 1 aromatic carbocycles. The van der Waals surface area contributed by atoms with Crippen molar-refractivity contribution in [3.8, 4) is 0 Å². The molecule has 216 valence electrons. The molecule has 0 radical (unpaired) electrons. The molecule has 0 heterocycles. The van der Waals surface area contributed by atoms with Gasteiger partial charge in [0.25, 0.3) is 0 Å². The number of hydrogen-bond donors (Lipinski definition) is 4. The zero-order valence-electron chi connectivity index (χ0n) is 22.6. The number of halogens is 1. The molecule has 39 heavy (non-hydrogen) atoms. The van der Waals surface area contributed by atoms with E-state index in [1.54, 1.807) is 11.8 Å². The standard InChI is InChI=1S/C28H40N4O5S.ClH/c1-37-26(36)27-12-18-10-19(13-27)15-28(30,14-18)24(27)23(34)21(11-17-6-4-3-5-7-17)32-22(33)16-31-25(35)20(29)8-9-38-2;/h3-7,18-21,24H,8-16,29-30H2,1-2H3,(H,31,35)(H,32,33);1H/t18?,19?,20-,21+,24?,27?,28?;/m1./s1. The van der Waals surface area contributed by atoms with Crippen molar-refractivity contribution < 1.29 is 23.9 Å². The molecule has 0 saturated heterocycles. The Balaban J connectivity index is 0.00000420. The van der Waals surface area contributed by atoms with Crippen molar-refractivity contribution in [2.24, 2.45) is 34.6 Å². The monoisotopic (exact) mass is 580 g/mol. The van der Waals surface area contributed by atoms with E-state index in [9.17, 15) is 19.2 Å². The molecule has 4 bridgehead atoms. The van der Waals surface area contributed by atoms with Gasteiger partial charge in [-0.25, -0.2) is 0 Å². The van der Waals surface area contributed by atoms with Crippen molar-refractivity contribution in [1.29, 1.82) is 0 Å². The molecule has 2 amide bonds. The summed E-state index contributed by atoms with van der Waals surface area (Å²) in [6, 6.07) is 7.80. The van der Waals surface area contributed by atoms with E-state index >= 15 is 0 Å². The molecule has 1 aromatic rings. The molecule has 4 fully saturated rings. The summed E-state index contributed by atoms with van der Waals surface area (Å²) in [6.07, 6.45) is 6.26. The third kappa shape index (κ3) is 6.61. The zero-order chi connectivity index (χ0) is 27.5. The van der Waals surface area contributed by atoms with Crippen molar-refractivity contribution in [1.82, 2.24) is 10.6 Å². The number of ether oxygens (including phenoxy) is 1. The minimum atomic E-state index is -0.970. The van der Waals surface area contributed by atoms with E-state index in [2.05, 4.69) is 10.6 Å². The first-order valence-electron chi connectivity index (χ1n) is 13.4. The predicted molar refractivity (Wildman–Crippen MR) is 153 cm³/mol. The van der Waals surface area contributed by atoms with Gasteiger partial charge in [0.2, 0.25) is 11.8 Å².